The Labute approximate surface area is 497 Å². The number of nitriles is 1. The van der Waals surface area contributed by atoms with Crippen LogP contribution in [0.25, 0.3) is 146 Å². The fraction of sp³-hybridized carbons (Fsp3) is 0.0267. The third kappa shape index (κ3) is 9.31. The maximum atomic E-state index is 15.3. The third-order valence-corrected chi connectivity index (χ3v) is 16.0. The lowest BCUT2D eigenvalue weighted by Gasteiger charge is -2.21. The lowest BCUT2D eigenvalue weighted by molar-refractivity contribution is -0.137. The first-order valence-electron chi connectivity index (χ1n) is 28.3. The molecule has 87 heavy (non-hydrogen) atoms. The molecule has 0 amide bonds. The number of hydrogen-bond donors (Lipinski definition) is 0. The number of hydrogen-bond acceptors (Lipinski definition) is 7. The number of halogens is 3. The summed E-state index contributed by atoms with van der Waals surface area (Å²) in [5.41, 5.74) is 11.5. The summed E-state index contributed by atoms with van der Waals surface area (Å²) in [5.74, 6) is 3.12. The Kier molecular flexibility index (Phi) is 12.7. The smallest absolute Gasteiger partial charge is 0.309 e. The SMILES string of the molecule is Cc1cccc(C(F)(F)F)c1-c1ccc(-n2c3ccccc3c3cc(-c4nc(-c5ccccc5)nc(-c5ccccc5)n4)ccc32)c(-c2ccc(C#N)cc2-n2c3ccccc3c3cc(-c4nc(-c5ccccc5)nc(-c5ccccc5)n4)ccc32)c1. The molecule has 0 radical (unpaired) electrons. The number of aryl methyl sites for hydroxylation is 1. The van der Waals surface area contributed by atoms with E-state index in [0.29, 0.717) is 74.1 Å². The highest BCUT2D eigenvalue weighted by molar-refractivity contribution is 6.13. The van der Waals surface area contributed by atoms with Crippen LogP contribution in [0.1, 0.15) is 16.7 Å². The van der Waals surface area contributed by atoms with Gasteiger partial charge in [-0.2, -0.15) is 18.4 Å². The average molecular weight is 1130 g/mol. The van der Waals surface area contributed by atoms with E-state index in [4.69, 9.17) is 29.9 Å². The highest BCUT2D eigenvalue weighted by atomic mass is 19.4. The van der Waals surface area contributed by atoms with Gasteiger partial charge in [0, 0.05) is 66.1 Å². The molecule has 0 unspecified atom stereocenters. The minimum atomic E-state index is -4.65. The van der Waals surface area contributed by atoms with Crippen LogP contribution in [0.3, 0.4) is 0 Å². The van der Waals surface area contributed by atoms with Crippen molar-refractivity contribution < 1.29 is 13.2 Å². The van der Waals surface area contributed by atoms with E-state index in [-0.39, 0.29) is 5.56 Å². The number of aromatic nitrogens is 8. The van der Waals surface area contributed by atoms with Gasteiger partial charge in [-0.25, -0.2) is 29.9 Å². The summed E-state index contributed by atoms with van der Waals surface area (Å²) in [5, 5.41) is 14.4. The molecule has 11 aromatic carbocycles. The van der Waals surface area contributed by atoms with Crippen molar-refractivity contribution in [2.75, 3.05) is 0 Å². The summed E-state index contributed by atoms with van der Waals surface area (Å²) < 4.78 is 50.1. The first-order chi connectivity index (χ1) is 42.6. The van der Waals surface area contributed by atoms with Crippen molar-refractivity contribution in [2.24, 2.45) is 0 Å². The van der Waals surface area contributed by atoms with E-state index in [9.17, 15) is 5.26 Å². The molecule has 4 heterocycles. The van der Waals surface area contributed by atoms with Crippen molar-refractivity contribution in [3.05, 3.63) is 278 Å². The van der Waals surface area contributed by atoms with Crippen molar-refractivity contribution in [3.63, 3.8) is 0 Å². The zero-order valence-electron chi connectivity index (χ0n) is 46.5. The van der Waals surface area contributed by atoms with Crippen LogP contribution in [0.4, 0.5) is 13.2 Å². The van der Waals surface area contributed by atoms with E-state index in [1.807, 2.05) is 194 Å². The number of rotatable bonds is 10. The highest BCUT2D eigenvalue weighted by Crippen LogP contribution is 2.46. The van der Waals surface area contributed by atoms with Crippen LogP contribution in [-0.4, -0.2) is 39.0 Å². The quantitative estimate of drug-likeness (QED) is 0.134. The van der Waals surface area contributed by atoms with E-state index in [0.717, 1.165) is 83.1 Å². The Morgan fingerprint density at radius 1 is 0.333 bits per heavy atom. The molecular weight excluding hydrogens is 1080 g/mol. The molecule has 4 aromatic heterocycles. The zero-order valence-corrected chi connectivity index (χ0v) is 46.5. The van der Waals surface area contributed by atoms with Crippen LogP contribution < -0.4 is 0 Å². The largest absolute Gasteiger partial charge is 0.417 e. The second-order valence-electron chi connectivity index (χ2n) is 21.3. The molecule has 12 heteroatoms. The number of fused-ring (bicyclic) bond motifs is 6. The summed E-state index contributed by atoms with van der Waals surface area (Å²) in [4.78, 5) is 30.2. The average Bonchev–Trinajstić information content (AvgIpc) is 1.67. The van der Waals surface area contributed by atoms with E-state index in [1.165, 1.54) is 6.07 Å². The van der Waals surface area contributed by atoms with Crippen molar-refractivity contribution in [2.45, 2.75) is 13.1 Å². The molecule has 0 aliphatic rings. The maximum Gasteiger partial charge on any atom is 0.417 e. The molecule has 0 atom stereocenters. The lowest BCUT2D eigenvalue weighted by Crippen LogP contribution is -2.08. The molecule has 9 nitrogen and oxygen atoms in total. The summed E-state index contributed by atoms with van der Waals surface area (Å²) >= 11 is 0. The van der Waals surface area contributed by atoms with E-state index >= 15 is 13.2 Å². The number of benzene rings is 11. The van der Waals surface area contributed by atoms with Crippen molar-refractivity contribution in [3.8, 4) is 108 Å². The lowest BCUT2D eigenvalue weighted by atomic mass is 9.90. The summed E-state index contributed by atoms with van der Waals surface area (Å²) in [6, 6.07) is 85.7. The normalized spacial score (nSPS) is 11.7. The van der Waals surface area contributed by atoms with Crippen LogP contribution in [-0.2, 0) is 6.18 Å². The molecule has 0 saturated carbocycles. The fourth-order valence-corrected chi connectivity index (χ4v) is 12.0. The number of para-hydroxylation sites is 2. The molecule has 0 bridgehead atoms. The highest BCUT2D eigenvalue weighted by Gasteiger charge is 2.35. The van der Waals surface area contributed by atoms with Gasteiger partial charge in [0.25, 0.3) is 0 Å². The molecular formula is C75H46F3N9. The van der Waals surface area contributed by atoms with Crippen LogP contribution in [0.2, 0.25) is 0 Å². The van der Waals surface area contributed by atoms with Crippen LogP contribution in [0.5, 0.6) is 0 Å². The molecule has 0 saturated heterocycles. The molecule has 15 rings (SSSR count). The van der Waals surface area contributed by atoms with Crippen LogP contribution >= 0.6 is 0 Å². The van der Waals surface area contributed by atoms with Crippen molar-refractivity contribution >= 4 is 43.6 Å². The number of nitrogens with zero attached hydrogens (tertiary/aromatic N) is 9. The number of alkyl halides is 3. The molecule has 0 fully saturated rings. The van der Waals surface area contributed by atoms with Gasteiger partial charge in [0.15, 0.2) is 34.9 Å². The maximum absolute atomic E-state index is 15.3. The molecule has 412 valence electrons. The van der Waals surface area contributed by atoms with Crippen LogP contribution in [0, 0.1) is 18.3 Å². The second-order valence-corrected chi connectivity index (χ2v) is 21.3. The van der Waals surface area contributed by atoms with Gasteiger partial charge in [-0.15, -0.1) is 0 Å². The Hall–Kier alpha value is -11.7. The summed E-state index contributed by atoms with van der Waals surface area (Å²) in [7, 11) is 0. The first kappa shape index (κ1) is 52.1. The standard InChI is InChI=1S/C75H46F3N9/c1-46-19-18-30-61(75(76,77)78)68(46)52-34-38-64(86-62-31-16-14-28-55(62)59-43-53(35-39-65(59)86)73-82-69(48-20-6-2-7-21-48)80-70(83-73)49-22-8-3-9-23-49)58(42-52)57-37-33-47(45-79)41-67(57)87-63-32-17-15-29-56(63)60-44-54(36-40-66(60)87)74-84-71(50-24-10-4-11-25-50)81-72(85-74)51-26-12-5-13-27-51/h2-44H,1H3. The third-order valence-electron chi connectivity index (χ3n) is 16.0. The van der Waals surface area contributed by atoms with Gasteiger partial charge in [-0.1, -0.05) is 182 Å². The molecule has 15 aromatic rings. The minimum absolute atomic E-state index is 0.0792. The Morgan fingerprint density at radius 3 is 1.18 bits per heavy atom. The van der Waals surface area contributed by atoms with Gasteiger partial charge >= 0.3 is 6.18 Å². The summed E-state index contributed by atoms with van der Waals surface area (Å²) in [6.07, 6.45) is -4.65. The topological polar surface area (TPSA) is 111 Å². The van der Waals surface area contributed by atoms with Crippen molar-refractivity contribution in [1.82, 2.24) is 39.0 Å². The van der Waals surface area contributed by atoms with E-state index in [2.05, 4.69) is 51.6 Å². The van der Waals surface area contributed by atoms with Gasteiger partial charge < -0.3 is 9.13 Å². The molecule has 0 aliphatic heterocycles. The predicted molar refractivity (Wildman–Crippen MR) is 340 cm³/mol. The van der Waals surface area contributed by atoms with Gasteiger partial charge in [-0.3, -0.25) is 0 Å². The molecule has 0 spiro atoms. The van der Waals surface area contributed by atoms with Gasteiger partial charge in [0.1, 0.15) is 0 Å². The van der Waals surface area contributed by atoms with E-state index < -0.39 is 11.7 Å². The Balaban J connectivity index is 0.962. The summed E-state index contributed by atoms with van der Waals surface area (Å²) in [6.45, 7) is 1.71. The Bertz CT molecular complexity index is 5110. The van der Waals surface area contributed by atoms with Gasteiger partial charge in [-0.05, 0) is 102 Å². The first-order valence-corrected chi connectivity index (χ1v) is 28.3. The Morgan fingerprint density at radius 2 is 0.736 bits per heavy atom. The molecule has 0 N–H and O–H groups in total. The van der Waals surface area contributed by atoms with E-state index in [1.54, 1.807) is 25.1 Å². The van der Waals surface area contributed by atoms with Gasteiger partial charge in [0.2, 0.25) is 0 Å². The zero-order chi connectivity index (χ0) is 58.8. The van der Waals surface area contributed by atoms with Gasteiger partial charge in [0.05, 0.1) is 50.6 Å². The fourth-order valence-electron chi connectivity index (χ4n) is 12.0. The predicted octanol–water partition coefficient (Wildman–Crippen LogP) is 18.8. The van der Waals surface area contributed by atoms with Crippen molar-refractivity contribution in [1.29, 1.82) is 5.26 Å². The minimum Gasteiger partial charge on any atom is -0.309 e. The monoisotopic (exact) mass is 1130 g/mol. The van der Waals surface area contributed by atoms with Crippen LogP contribution in [0.15, 0.2) is 261 Å². The molecule has 0 aliphatic carbocycles. The second kappa shape index (κ2) is 21.2.